The van der Waals surface area contributed by atoms with Crippen LogP contribution in [0.1, 0.15) is 22.3 Å². The summed E-state index contributed by atoms with van der Waals surface area (Å²) in [6, 6.07) is 18.2. The topological polar surface area (TPSA) is 53.1 Å². The lowest BCUT2D eigenvalue weighted by Crippen LogP contribution is -2.35. The average Bonchev–Trinajstić information content (AvgIpc) is 3.02. The summed E-state index contributed by atoms with van der Waals surface area (Å²) in [4.78, 5) is 12.1. The monoisotopic (exact) mass is 611 g/mol. The Hall–Kier alpha value is -1.92. The van der Waals surface area contributed by atoms with Crippen molar-refractivity contribution < 1.29 is 18.9 Å². The fourth-order valence-corrected chi connectivity index (χ4v) is 5.55. The first-order valence-electron chi connectivity index (χ1n) is 16.5. The van der Waals surface area contributed by atoms with Crippen molar-refractivity contribution in [3.63, 3.8) is 0 Å². The molecule has 1 saturated heterocycles. The summed E-state index contributed by atoms with van der Waals surface area (Å²) in [5.41, 5.74) is 5.33. The highest BCUT2D eigenvalue weighted by molar-refractivity contribution is 5.23. The Balaban J connectivity index is 1.43. The number of benzene rings is 2. The minimum Gasteiger partial charge on any atom is -0.378 e. The molecule has 6 bridgehead atoms. The van der Waals surface area contributed by atoms with Gasteiger partial charge in [0.15, 0.2) is 0 Å². The molecule has 44 heavy (non-hydrogen) atoms. The maximum Gasteiger partial charge on any atom is 0.0701 e. The molecule has 2 aromatic carbocycles. The molecular weight excluding hydrogens is 554 g/mol. The van der Waals surface area contributed by atoms with Crippen LogP contribution < -0.4 is 0 Å². The van der Waals surface area contributed by atoms with Crippen LogP contribution in [-0.2, 0) is 45.1 Å². The van der Waals surface area contributed by atoms with E-state index in [4.69, 9.17) is 18.9 Å². The van der Waals surface area contributed by atoms with Crippen molar-refractivity contribution in [1.82, 2.24) is 24.5 Å². The van der Waals surface area contributed by atoms with Gasteiger partial charge in [-0.15, -0.1) is 0 Å². The number of hydrogen-bond donors (Lipinski definition) is 0. The van der Waals surface area contributed by atoms with Crippen molar-refractivity contribution in [2.75, 3.05) is 126 Å². The van der Waals surface area contributed by atoms with Crippen LogP contribution in [0.4, 0.5) is 0 Å². The van der Waals surface area contributed by atoms with Crippen molar-refractivity contribution >= 4 is 0 Å². The van der Waals surface area contributed by atoms with E-state index in [0.29, 0.717) is 52.9 Å². The third-order valence-corrected chi connectivity index (χ3v) is 8.44. The van der Waals surface area contributed by atoms with Gasteiger partial charge in [0.2, 0.25) is 0 Å². The quantitative estimate of drug-likeness (QED) is 0.448. The minimum absolute atomic E-state index is 0.612. The van der Waals surface area contributed by atoms with Crippen molar-refractivity contribution in [2.24, 2.45) is 0 Å². The van der Waals surface area contributed by atoms with Crippen LogP contribution in [0.25, 0.3) is 0 Å². The van der Waals surface area contributed by atoms with E-state index in [1.54, 1.807) is 0 Å². The molecule has 6 aliphatic rings. The SMILES string of the molecule is CN1CCN(C)Cc2ccc(cc2)CN2CCOCCOCCN(CCOCCOCC2)Cc2ccc(cc2)CN(C)CC1. The van der Waals surface area contributed by atoms with E-state index in [2.05, 4.69) is 94.2 Å². The number of hydrogen-bond acceptors (Lipinski definition) is 9. The van der Waals surface area contributed by atoms with Crippen LogP contribution in [0.3, 0.4) is 0 Å². The molecule has 8 rings (SSSR count). The first-order chi connectivity index (χ1) is 21.5. The van der Waals surface area contributed by atoms with E-state index in [0.717, 1.165) is 78.5 Å². The third kappa shape index (κ3) is 14.0. The molecular formula is C35H57N5O4. The van der Waals surface area contributed by atoms with Crippen molar-refractivity contribution in [2.45, 2.75) is 26.2 Å². The van der Waals surface area contributed by atoms with Crippen LogP contribution in [0.15, 0.2) is 48.5 Å². The second-order valence-corrected chi connectivity index (χ2v) is 12.4. The van der Waals surface area contributed by atoms with Gasteiger partial charge in [0.25, 0.3) is 0 Å². The summed E-state index contributed by atoms with van der Waals surface area (Å²) in [7, 11) is 6.67. The fraction of sp³-hybridized carbons (Fsp3) is 0.657. The summed E-state index contributed by atoms with van der Waals surface area (Å²) >= 11 is 0. The van der Waals surface area contributed by atoms with Gasteiger partial charge in [-0.1, -0.05) is 48.5 Å². The number of fused-ring (bicyclic) bond motifs is 7. The van der Waals surface area contributed by atoms with Gasteiger partial charge in [-0.05, 0) is 43.4 Å². The lowest BCUT2D eigenvalue weighted by atomic mass is 10.1. The van der Waals surface area contributed by atoms with Crippen molar-refractivity contribution in [1.29, 1.82) is 0 Å². The van der Waals surface area contributed by atoms with Gasteiger partial charge < -0.3 is 33.6 Å². The molecule has 9 heteroatoms. The molecule has 0 aliphatic carbocycles. The van der Waals surface area contributed by atoms with Crippen LogP contribution in [0, 0.1) is 0 Å². The summed E-state index contributed by atoms with van der Waals surface area (Å²) in [5, 5.41) is 0. The Morgan fingerprint density at radius 3 is 0.932 bits per heavy atom. The van der Waals surface area contributed by atoms with Gasteiger partial charge in [0.1, 0.15) is 0 Å². The molecule has 0 saturated carbocycles. The molecule has 6 heterocycles. The van der Waals surface area contributed by atoms with Gasteiger partial charge >= 0.3 is 0 Å². The zero-order valence-electron chi connectivity index (χ0n) is 27.6. The van der Waals surface area contributed by atoms with E-state index in [1.807, 2.05) is 0 Å². The molecule has 6 aliphatic heterocycles. The first-order valence-corrected chi connectivity index (χ1v) is 16.5. The van der Waals surface area contributed by atoms with Gasteiger partial charge in [-0.3, -0.25) is 9.80 Å². The number of nitrogens with zero attached hydrogens (tertiary/aromatic N) is 5. The fourth-order valence-electron chi connectivity index (χ4n) is 5.55. The van der Waals surface area contributed by atoms with Crippen LogP contribution in [-0.4, -0.2) is 151 Å². The predicted molar refractivity (Wildman–Crippen MR) is 177 cm³/mol. The third-order valence-electron chi connectivity index (χ3n) is 8.44. The molecule has 0 radical (unpaired) electrons. The zero-order valence-corrected chi connectivity index (χ0v) is 27.6. The molecule has 0 amide bonds. The molecule has 0 unspecified atom stereocenters. The van der Waals surface area contributed by atoms with E-state index >= 15 is 0 Å². The Morgan fingerprint density at radius 1 is 0.341 bits per heavy atom. The minimum atomic E-state index is 0.612. The van der Waals surface area contributed by atoms with Crippen LogP contribution in [0.5, 0.6) is 0 Å². The molecule has 0 aromatic heterocycles. The Kier molecular flexibility index (Phi) is 16.1. The highest BCUT2D eigenvalue weighted by Gasteiger charge is 2.11. The predicted octanol–water partition coefficient (Wildman–Crippen LogP) is 2.88. The smallest absolute Gasteiger partial charge is 0.0701 e. The maximum absolute atomic E-state index is 5.96. The Morgan fingerprint density at radius 2 is 0.614 bits per heavy atom. The van der Waals surface area contributed by atoms with Gasteiger partial charge in [0, 0.05) is 78.5 Å². The van der Waals surface area contributed by atoms with E-state index in [9.17, 15) is 0 Å². The first kappa shape index (κ1) is 34.9. The zero-order chi connectivity index (χ0) is 30.8. The summed E-state index contributed by atoms with van der Waals surface area (Å²) in [6.45, 7) is 16.5. The molecule has 246 valence electrons. The summed E-state index contributed by atoms with van der Waals surface area (Å²) < 4.78 is 23.8. The number of ether oxygens (including phenoxy) is 4. The standard InChI is InChI=1S/C35H57N5O4/c1-36-12-14-37(2)28-32-4-8-34(9-5-32)30-39-16-20-41-24-26-43-22-18-40(19-23-44-27-25-42-21-17-39)31-35-10-6-33(7-11-35)29-38(3)15-13-36/h4-11H,12-31H2,1-3H3. The van der Waals surface area contributed by atoms with E-state index in [1.165, 1.54) is 22.3 Å². The summed E-state index contributed by atoms with van der Waals surface area (Å²) in [6.07, 6.45) is 0. The maximum atomic E-state index is 5.96. The highest BCUT2D eigenvalue weighted by Crippen LogP contribution is 2.12. The lowest BCUT2D eigenvalue weighted by molar-refractivity contribution is 0.00624. The van der Waals surface area contributed by atoms with Crippen molar-refractivity contribution in [3.05, 3.63) is 70.8 Å². The highest BCUT2D eigenvalue weighted by atomic mass is 16.5. The van der Waals surface area contributed by atoms with Gasteiger partial charge in [0.05, 0.1) is 52.9 Å². The Labute approximate surface area is 266 Å². The number of rotatable bonds is 0. The largest absolute Gasteiger partial charge is 0.378 e. The Bertz CT molecular complexity index is 923. The molecule has 2 aromatic rings. The molecule has 1 fully saturated rings. The molecule has 0 N–H and O–H groups in total. The number of likely N-dealkylation sites (N-methyl/N-ethyl adjacent to an activating group) is 3. The van der Waals surface area contributed by atoms with Crippen LogP contribution in [0.2, 0.25) is 0 Å². The van der Waals surface area contributed by atoms with E-state index < -0.39 is 0 Å². The van der Waals surface area contributed by atoms with E-state index in [-0.39, 0.29) is 0 Å². The van der Waals surface area contributed by atoms with Gasteiger partial charge in [-0.25, -0.2) is 0 Å². The average molecular weight is 612 g/mol. The second kappa shape index (κ2) is 20.3. The normalized spacial score (nSPS) is 25.0. The molecule has 0 atom stereocenters. The molecule has 9 nitrogen and oxygen atoms in total. The second-order valence-electron chi connectivity index (χ2n) is 12.4. The lowest BCUT2D eigenvalue weighted by Gasteiger charge is -2.25. The summed E-state index contributed by atoms with van der Waals surface area (Å²) in [5.74, 6) is 0. The van der Waals surface area contributed by atoms with Crippen LogP contribution >= 0.6 is 0 Å². The molecule has 0 spiro atoms. The van der Waals surface area contributed by atoms with Crippen molar-refractivity contribution in [3.8, 4) is 0 Å². The van der Waals surface area contributed by atoms with Gasteiger partial charge in [-0.2, -0.15) is 0 Å².